The minimum Gasteiger partial charge on any atom is -0.394 e. The summed E-state index contributed by atoms with van der Waals surface area (Å²) in [5.41, 5.74) is 0. The molecule has 0 aromatic carbocycles. The summed E-state index contributed by atoms with van der Waals surface area (Å²) in [7, 11) is 0. The van der Waals surface area contributed by atoms with E-state index < -0.39 is 13.1 Å². The van der Waals surface area contributed by atoms with Gasteiger partial charge in [-0.15, -0.1) is 0 Å². The van der Waals surface area contributed by atoms with Crippen molar-refractivity contribution in [1.82, 2.24) is 0 Å². The first-order valence-corrected chi connectivity index (χ1v) is 0.697. The molecule has 0 rings (SSSR count). The Morgan fingerprint density at radius 3 is 1.75 bits per heavy atom. The molecule has 0 unspecified atom stereocenters. The van der Waals surface area contributed by atoms with E-state index in [0.29, 0.717) is 0 Å². The SMILES string of the molecule is [2H]C([2H])(O)C([2H])([2H])O. The lowest BCUT2D eigenvalue weighted by Gasteiger charge is -1.70. The summed E-state index contributed by atoms with van der Waals surface area (Å²) >= 11 is 0. The molecule has 0 aliphatic heterocycles. The van der Waals surface area contributed by atoms with Crippen molar-refractivity contribution < 1.29 is 15.7 Å². The van der Waals surface area contributed by atoms with Crippen molar-refractivity contribution in [1.29, 1.82) is 0 Å². The summed E-state index contributed by atoms with van der Waals surface area (Å²) in [5, 5.41) is 16.1. The van der Waals surface area contributed by atoms with E-state index in [4.69, 9.17) is 15.7 Å². The first-order valence-electron chi connectivity index (χ1n) is 2.70. The maximum Gasteiger partial charge on any atom is 0.0662 e. The molecule has 4 heavy (non-hydrogen) atoms. The second-order valence-corrected chi connectivity index (χ2v) is 0.224. The van der Waals surface area contributed by atoms with Crippen molar-refractivity contribution in [2.24, 2.45) is 0 Å². The van der Waals surface area contributed by atoms with Crippen LogP contribution in [0.25, 0.3) is 0 Å². The zero-order valence-electron chi connectivity index (χ0n) is 5.89. The zero-order chi connectivity index (χ0) is 7.00. The molecular formula is C2H6O2. The molecule has 0 aromatic rings. The van der Waals surface area contributed by atoms with Gasteiger partial charge in [-0.25, -0.2) is 0 Å². The van der Waals surface area contributed by atoms with Crippen LogP contribution in [0, 0.1) is 0 Å². The minimum absolute atomic E-state index is 3.17. The van der Waals surface area contributed by atoms with E-state index in [9.17, 15) is 0 Å². The van der Waals surface area contributed by atoms with Crippen LogP contribution >= 0.6 is 0 Å². The molecule has 0 atom stereocenters. The summed E-state index contributed by atoms with van der Waals surface area (Å²) in [5.74, 6) is 0. The molecule has 0 fully saturated rings. The van der Waals surface area contributed by atoms with E-state index in [1.807, 2.05) is 0 Å². The Hall–Kier alpha value is -0.0800. The monoisotopic (exact) mass is 66.1 g/mol. The molecule has 0 radical (unpaired) electrons. The van der Waals surface area contributed by atoms with Gasteiger partial charge in [0.25, 0.3) is 0 Å². The molecule has 0 amide bonds. The molecule has 26 valence electrons. The largest absolute Gasteiger partial charge is 0.394 e. The second-order valence-electron chi connectivity index (χ2n) is 0.224. The van der Waals surface area contributed by atoms with E-state index in [1.54, 1.807) is 0 Å². The molecule has 0 saturated heterocycles. The van der Waals surface area contributed by atoms with Crippen LogP contribution in [0.15, 0.2) is 0 Å². The topological polar surface area (TPSA) is 40.5 Å². The van der Waals surface area contributed by atoms with Gasteiger partial charge in [0.2, 0.25) is 0 Å². The number of hydrogen-bond donors (Lipinski definition) is 2. The standard InChI is InChI=1S/C2H6O2/c3-1-2-4/h3-4H,1-2H2/i1D2,2D2. The van der Waals surface area contributed by atoms with Gasteiger partial charge < -0.3 is 10.2 Å². The zero-order valence-corrected chi connectivity index (χ0v) is 1.89. The van der Waals surface area contributed by atoms with Crippen LogP contribution < -0.4 is 0 Å². The van der Waals surface area contributed by atoms with E-state index in [0.717, 1.165) is 0 Å². The Kier molecular flexibility index (Phi) is 0.510. The molecule has 2 nitrogen and oxygen atoms in total. The lowest BCUT2D eigenvalue weighted by molar-refractivity contribution is 0.186. The van der Waals surface area contributed by atoms with Crippen LogP contribution in [0.1, 0.15) is 5.48 Å². The Bertz CT molecular complexity index is 67.0. The normalized spacial score (nSPS) is 29.5. The van der Waals surface area contributed by atoms with Gasteiger partial charge in [0.05, 0.1) is 18.6 Å². The Balaban J connectivity index is 4.02. The summed E-state index contributed by atoms with van der Waals surface area (Å²) in [4.78, 5) is 0. The molecule has 0 aromatic heterocycles. The third kappa shape index (κ3) is 1.92. The fraction of sp³-hybridized carbons (Fsp3) is 1.00. The molecule has 0 bridgehead atoms. The van der Waals surface area contributed by atoms with Gasteiger partial charge in [0.15, 0.2) is 0 Å². The van der Waals surface area contributed by atoms with Crippen molar-refractivity contribution in [3.63, 3.8) is 0 Å². The predicted molar refractivity (Wildman–Crippen MR) is 14.2 cm³/mol. The van der Waals surface area contributed by atoms with Crippen LogP contribution in [-0.2, 0) is 0 Å². The average Bonchev–Trinajstić information content (AvgIpc) is 1.25. The van der Waals surface area contributed by atoms with E-state index in [-0.39, 0.29) is 0 Å². The number of rotatable bonds is 1. The van der Waals surface area contributed by atoms with Crippen molar-refractivity contribution in [2.45, 2.75) is 0 Å². The summed E-state index contributed by atoms with van der Waals surface area (Å²) in [6.45, 7) is -6.35. The van der Waals surface area contributed by atoms with Gasteiger partial charge in [-0.3, -0.25) is 0 Å². The highest BCUT2D eigenvalue weighted by Gasteiger charge is 1.58. The predicted octanol–water partition coefficient (Wildman–Crippen LogP) is -1.03. The lowest BCUT2D eigenvalue weighted by atomic mass is 10.8. The van der Waals surface area contributed by atoms with E-state index in [2.05, 4.69) is 0 Å². The third-order valence-corrected chi connectivity index (χ3v) is 0.0500. The second kappa shape index (κ2) is 2.92. The molecule has 0 saturated carbocycles. The van der Waals surface area contributed by atoms with Gasteiger partial charge >= 0.3 is 0 Å². The van der Waals surface area contributed by atoms with E-state index in [1.165, 1.54) is 0 Å². The summed E-state index contributed by atoms with van der Waals surface area (Å²) in [6, 6.07) is 0. The average molecular weight is 66.1 g/mol. The van der Waals surface area contributed by atoms with Crippen LogP contribution in [-0.4, -0.2) is 23.3 Å². The van der Waals surface area contributed by atoms with Gasteiger partial charge in [0, 0.05) is 0 Å². The van der Waals surface area contributed by atoms with Gasteiger partial charge in [-0.1, -0.05) is 0 Å². The fourth-order valence-corrected chi connectivity index (χ4v) is 0. The molecule has 0 aliphatic carbocycles. The van der Waals surface area contributed by atoms with Crippen molar-refractivity contribution in [3.05, 3.63) is 0 Å². The van der Waals surface area contributed by atoms with Crippen molar-refractivity contribution in [2.75, 3.05) is 13.1 Å². The molecule has 0 spiro atoms. The van der Waals surface area contributed by atoms with Crippen LogP contribution in [0.3, 0.4) is 0 Å². The number of hydrogen-bond acceptors (Lipinski definition) is 2. The highest BCUT2D eigenvalue weighted by atomic mass is 16.3. The van der Waals surface area contributed by atoms with Crippen LogP contribution in [0.2, 0.25) is 0 Å². The maximum atomic E-state index is 8.06. The first kappa shape index (κ1) is 0.698. The maximum absolute atomic E-state index is 8.06. The molecule has 0 heterocycles. The number of aliphatic hydroxyl groups is 2. The van der Waals surface area contributed by atoms with Gasteiger partial charge in [-0.2, -0.15) is 0 Å². The minimum atomic E-state index is -3.17. The smallest absolute Gasteiger partial charge is 0.0662 e. The quantitative estimate of drug-likeness (QED) is 0.411. The lowest BCUT2D eigenvalue weighted by Crippen LogP contribution is -1.85. The van der Waals surface area contributed by atoms with Crippen molar-refractivity contribution in [3.8, 4) is 0 Å². The molecular weight excluding hydrogens is 56.0 g/mol. The highest BCUT2D eigenvalue weighted by Crippen LogP contribution is 1.39. The van der Waals surface area contributed by atoms with Crippen LogP contribution in [0.5, 0.6) is 0 Å². The van der Waals surface area contributed by atoms with Crippen LogP contribution in [0.4, 0.5) is 0 Å². The fourth-order valence-electron chi connectivity index (χ4n) is 0. The Morgan fingerprint density at radius 1 is 1.50 bits per heavy atom. The summed E-state index contributed by atoms with van der Waals surface area (Å²) < 4.78 is 24.7. The first-order chi connectivity index (χ1) is 3.25. The molecule has 2 heteroatoms. The van der Waals surface area contributed by atoms with Gasteiger partial charge in [-0.05, 0) is 0 Å². The highest BCUT2D eigenvalue weighted by molar-refractivity contribution is 4.06. The Labute approximate surface area is 30.3 Å². The Morgan fingerprint density at radius 2 is 1.75 bits per heavy atom. The van der Waals surface area contributed by atoms with Crippen molar-refractivity contribution >= 4 is 0 Å². The third-order valence-electron chi connectivity index (χ3n) is 0.0500. The van der Waals surface area contributed by atoms with E-state index >= 15 is 0 Å². The molecule has 2 N–H and O–H groups in total. The van der Waals surface area contributed by atoms with Gasteiger partial charge in [0.1, 0.15) is 0 Å². The summed E-state index contributed by atoms with van der Waals surface area (Å²) in [6.07, 6.45) is 0. The molecule has 0 aliphatic rings.